The summed E-state index contributed by atoms with van der Waals surface area (Å²) < 4.78 is 27.0. The number of aryl methyl sites for hydroxylation is 1. The third-order valence-electron chi connectivity index (χ3n) is 6.22. The van der Waals surface area contributed by atoms with Crippen molar-refractivity contribution in [3.63, 3.8) is 0 Å². The predicted octanol–water partition coefficient (Wildman–Crippen LogP) is 1.46. The van der Waals surface area contributed by atoms with Crippen LogP contribution in [-0.4, -0.2) is 47.1 Å². The number of nitrogens with two attached hydrogens (primary N) is 1. The zero-order valence-corrected chi connectivity index (χ0v) is 19.6. The predicted molar refractivity (Wildman–Crippen MR) is 129 cm³/mol. The number of aromatic nitrogens is 2. The first-order valence-corrected chi connectivity index (χ1v) is 11.5. The molecule has 2 aromatic rings. The van der Waals surface area contributed by atoms with Crippen molar-refractivity contribution in [2.24, 2.45) is 23.7 Å². The molecule has 4 rings (SSSR count). The number of halogens is 1. The van der Waals surface area contributed by atoms with E-state index >= 15 is 0 Å². The molecule has 10 nitrogen and oxygen atoms in total. The molecule has 0 atom stereocenters. The summed E-state index contributed by atoms with van der Waals surface area (Å²) >= 11 is 0. The van der Waals surface area contributed by atoms with Gasteiger partial charge in [0.25, 0.3) is 11.5 Å². The van der Waals surface area contributed by atoms with Crippen LogP contribution in [0.4, 0.5) is 4.39 Å². The van der Waals surface area contributed by atoms with Crippen molar-refractivity contribution in [2.45, 2.75) is 31.7 Å². The Balaban J connectivity index is 1.28. The summed E-state index contributed by atoms with van der Waals surface area (Å²) in [5, 5.41) is 6.07. The summed E-state index contributed by atoms with van der Waals surface area (Å²) in [5.74, 6) is 0.0238. The second-order valence-electron chi connectivity index (χ2n) is 8.70. The number of carbonyl (C=O) groups is 1. The Hall–Kier alpha value is -3.73. The van der Waals surface area contributed by atoms with Gasteiger partial charge in [-0.1, -0.05) is 6.58 Å². The van der Waals surface area contributed by atoms with Crippen LogP contribution >= 0.6 is 0 Å². The maximum atomic E-state index is 14.5. The number of morpholine rings is 1. The standard InChI is InChI=1S/C24H29FN6O4/c1-14(29-24-19(9-26)34-13-20(32)30-24)10-27-16-5-3-15(4-6-16)12-35-23-17(25)11-28-18-7-8-21(33)31(2)22(18)23/h7-9,11,15-16,27H,1,3-6,10,12-13,26H2,2H3,(H,29,30,32)/b19-9+/t15-,16-. The summed E-state index contributed by atoms with van der Waals surface area (Å²) in [7, 11) is 1.58. The lowest BCUT2D eigenvalue weighted by Gasteiger charge is -2.29. The van der Waals surface area contributed by atoms with Gasteiger partial charge in [0.1, 0.15) is 5.52 Å². The van der Waals surface area contributed by atoms with Gasteiger partial charge in [-0.25, -0.2) is 9.38 Å². The molecule has 2 fully saturated rings. The Kier molecular flexibility index (Phi) is 7.45. The number of nitrogens with one attached hydrogen (secondary N) is 2. The van der Waals surface area contributed by atoms with E-state index in [2.05, 4.69) is 27.2 Å². The van der Waals surface area contributed by atoms with Gasteiger partial charge in [0.15, 0.2) is 29.8 Å². The molecular formula is C24H29FN6O4. The fraction of sp³-hybridized carbons (Fsp3) is 0.417. The second-order valence-corrected chi connectivity index (χ2v) is 8.70. The normalized spacial score (nSPS) is 22.7. The van der Waals surface area contributed by atoms with Crippen LogP contribution in [0, 0.1) is 11.7 Å². The van der Waals surface area contributed by atoms with E-state index in [1.807, 2.05) is 0 Å². The van der Waals surface area contributed by atoms with Gasteiger partial charge in [0.05, 0.1) is 18.3 Å². The van der Waals surface area contributed by atoms with Gasteiger partial charge in [-0.05, 0) is 37.7 Å². The fourth-order valence-corrected chi connectivity index (χ4v) is 4.28. The largest absolute Gasteiger partial charge is 0.488 e. The number of nitrogens with zero attached hydrogens (tertiary/aromatic N) is 3. The Morgan fingerprint density at radius 2 is 2.17 bits per heavy atom. The maximum absolute atomic E-state index is 14.5. The molecule has 0 bridgehead atoms. The Labute approximate surface area is 201 Å². The van der Waals surface area contributed by atoms with Crippen molar-refractivity contribution in [3.05, 3.63) is 58.7 Å². The molecule has 1 saturated carbocycles. The molecule has 0 aromatic carbocycles. The fourth-order valence-electron chi connectivity index (χ4n) is 4.28. The Bertz CT molecular complexity index is 1250. The smallest absolute Gasteiger partial charge is 0.263 e. The third kappa shape index (κ3) is 5.68. The highest BCUT2D eigenvalue weighted by atomic mass is 19.1. The number of fused-ring (bicyclic) bond motifs is 1. The number of pyridine rings is 2. The SMILES string of the molecule is C=C(CN[C@H]1CC[C@H](COc2c(F)cnc3ccc(=O)n(C)c23)CC1)/N=C1/NC(=O)CO/C1=C/N. The number of hydrogen-bond acceptors (Lipinski definition) is 8. The molecule has 1 amide bonds. The topological polar surface area (TPSA) is 133 Å². The molecule has 3 heterocycles. The van der Waals surface area contributed by atoms with Crippen molar-refractivity contribution >= 4 is 22.8 Å². The number of ether oxygens (including phenoxy) is 2. The van der Waals surface area contributed by atoms with Crippen LogP contribution in [0.5, 0.6) is 5.75 Å². The molecule has 4 N–H and O–H groups in total. The number of amidine groups is 1. The highest BCUT2D eigenvalue weighted by molar-refractivity contribution is 6.09. The average molecular weight is 485 g/mol. The van der Waals surface area contributed by atoms with E-state index in [-0.39, 0.29) is 41.6 Å². The number of hydrogen-bond donors (Lipinski definition) is 3. The van der Waals surface area contributed by atoms with Crippen LogP contribution in [0.2, 0.25) is 0 Å². The van der Waals surface area contributed by atoms with Crippen LogP contribution in [0.25, 0.3) is 11.0 Å². The molecule has 2 aromatic heterocycles. The molecule has 1 aliphatic carbocycles. The zero-order valence-electron chi connectivity index (χ0n) is 19.6. The summed E-state index contributed by atoms with van der Waals surface area (Å²) in [6, 6.07) is 3.25. The minimum absolute atomic E-state index is 0.0653. The van der Waals surface area contributed by atoms with E-state index in [0.29, 0.717) is 35.6 Å². The number of rotatable bonds is 7. The summed E-state index contributed by atoms with van der Waals surface area (Å²) in [6.45, 7) is 4.66. The van der Waals surface area contributed by atoms with Gasteiger partial charge >= 0.3 is 0 Å². The zero-order chi connectivity index (χ0) is 24.9. The molecule has 35 heavy (non-hydrogen) atoms. The van der Waals surface area contributed by atoms with Crippen LogP contribution in [0.1, 0.15) is 25.7 Å². The number of amides is 1. The molecule has 11 heteroatoms. The molecule has 0 radical (unpaired) electrons. The quantitative estimate of drug-likeness (QED) is 0.542. The lowest BCUT2D eigenvalue weighted by molar-refractivity contribution is -0.123. The second kappa shape index (κ2) is 10.7. The molecule has 0 spiro atoms. The van der Waals surface area contributed by atoms with Crippen LogP contribution in [0.15, 0.2) is 52.4 Å². The molecular weight excluding hydrogens is 455 g/mol. The van der Waals surface area contributed by atoms with E-state index in [4.69, 9.17) is 15.2 Å². The van der Waals surface area contributed by atoms with E-state index < -0.39 is 5.82 Å². The van der Waals surface area contributed by atoms with Crippen LogP contribution in [0.3, 0.4) is 0 Å². The van der Waals surface area contributed by atoms with Crippen molar-refractivity contribution in [1.29, 1.82) is 0 Å². The minimum atomic E-state index is -0.582. The lowest BCUT2D eigenvalue weighted by atomic mass is 9.86. The average Bonchev–Trinajstić information content (AvgIpc) is 2.85. The maximum Gasteiger partial charge on any atom is 0.263 e. The molecule has 1 saturated heterocycles. The van der Waals surface area contributed by atoms with E-state index in [9.17, 15) is 14.0 Å². The highest BCUT2D eigenvalue weighted by Gasteiger charge is 2.24. The molecule has 2 aliphatic rings. The first-order valence-electron chi connectivity index (χ1n) is 11.5. The van der Waals surface area contributed by atoms with Gasteiger partial charge in [-0.2, -0.15) is 0 Å². The van der Waals surface area contributed by atoms with Crippen molar-refractivity contribution < 1.29 is 18.7 Å². The summed E-state index contributed by atoms with van der Waals surface area (Å²) in [6.07, 6.45) is 6.03. The van der Waals surface area contributed by atoms with Gasteiger partial charge in [-0.3, -0.25) is 14.6 Å². The number of aliphatic imine (C=N–C) groups is 1. The first kappa shape index (κ1) is 24.4. The van der Waals surface area contributed by atoms with E-state index in [0.717, 1.165) is 31.9 Å². The van der Waals surface area contributed by atoms with E-state index in [1.165, 1.54) is 16.8 Å². The molecule has 1 aliphatic heterocycles. The first-order chi connectivity index (χ1) is 16.9. The van der Waals surface area contributed by atoms with Crippen molar-refractivity contribution in [2.75, 3.05) is 19.8 Å². The Morgan fingerprint density at radius 1 is 1.40 bits per heavy atom. The van der Waals surface area contributed by atoms with Crippen LogP contribution < -0.4 is 26.7 Å². The minimum Gasteiger partial charge on any atom is -0.488 e. The monoisotopic (exact) mass is 484 g/mol. The molecule has 186 valence electrons. The summed E-state index contributed by atoms with van der Waals surface area (Å²) in [4.78, 5) is 31.9. The summed E-state index contributed by atoms with van der Waals surface area (Å²) in [5.41, 5.74) is 6.68. The van der Waals surface area contributed by atoms with Gasteiger partial charge in [0.2, 0.25) is 0 Å². The third-order valence-corrected chi connectivity index (χ3v) is 6.22. The highest BCUT2D eigenvalue weighted by Crippen LogP contribution is 2.29. The van der Waals surface area contributed by atoms with Gasteiger partial charge in [0, 0.05) is 37.6 Å². The van der Waals surface area contributed by atoms with Gasteiger partial charge in [-0.15, -0.1) is 0 Å². The van der Waals surface area contributed by atoms with Gasteiger partial charge < -0.3 is 30.4 Å². The Morgan fingerprint density at radius 3 is 2.91 bits per heavy atom. The van der Waals surface area contributed by atoms with Crippen LogP contribution in [-0.2, 0) is 16.6 Å². The number of carbonyl (C=O) groups excluding carboxylic acids is 1. The molecule has 0 unspecified atom stereocenters. The lowest BCUT2D eigenvalue weighted by Crippen LogP contribution is -2.41. The van der Waals surface area contributed by atoms with Crippen molar-refractivity contribution in [1.82, 2.24) is 20.2 Å². The van der Waals surface area contributed by atoms with Crippen molar-refractivity contribution in [3.8, 4) is 5.75 Å². The van der Waals surface area contributed by atoms with E-state index in [1.54, 1.807) is 13.1 Å².